The van der Waals surface area contributed by atoms with Gasteiger partial charge in [-0.3, -0.25) is 0 Å². The lowest BCUT2D eigenvalue weighted by Gasteiger charge is -2.41. The molecule has 2 rings (SSSR count). The van der Waals surface area contributed by atoms with Crippen molar-refractivity contribution in [3.8, 4) is 0 Å². The molecule has 0 aromatic heterocycles. The number of aliphatic imine (C=N–C) groups is 1. The fraction of sp³-hybridized carbons (Fsp3) is 0.480. The molecule has 1 aliphatic heterocycles. The highest BCUT2D eigenvalue weighted by Gasteiger charge is 2.32. The second-order valence-electron chi connectivity index (χ2n) is 8.42. The first kappa shape index (κ1) is 22.0. The number of hydrogen-bond acceptors (Lipinski definition) is 3. The minimum Gasteiger partial charge on any atom is -0.341 e. The second-order valence-corrected chi connectivity index (χ2v) is 8.42. The zero-order chi connectivity index (χ0) is 21.2. The molecular weight excluding hydrogens is 342 g/mol. The number of anilines is 1. The summed E-state index contributed by atoms with van der Waals surface area (Å²) in [6.07, 6.45) is 2.42. The Bertz CT molecular complexity index is 815. The largest absolute Gasteiger partial charge is 0.341 e. The number of nitrogens with zero attached hydrogens (tertiary/aromatic N) is 2. The molecule has 0 saturated carbocycles. The lowest BCUT2D eigenvalue weighted by molar-refractivity contribution is 0.318. The maximum absolute atomic E-state index is 4.77. The topological polar surface area (TPSA) is 27.6 Å². The van der Waals surface area contributed by atoms with Crippen molar-refractivity contribution >= 4 is 11.5 Å². The quantitative estimate of drug-likeness (QED) is 0.617. The smallest absolute Gasteiger partial charge is 0.144 e. The van der Waals surface area contributed by atoms with Crippen LogP contribution in [0.5, 0.6) is 0 Å². The summed E-state index contributed by atoms with van der Waals surface area (Å²) >= 11 is 0. The monoisotopic (exact) mass is 379 g/mol. The predicted octanol–water partition coefficient (Wildman–Crippen LogP) is 6.42. The fourth-order valence-corrected chi connectivity index (χ4v) is 3.97. The lowest BCUT2D eigenvalue weighted by Crippen LogP contribution is -2.47. The van der Waals surface area contributed by atoms with Gasteiger partial charge in [0.1, 0.15) is 11.7 Å². The Balaban J connectivity index is 2.62. The summed E-state index contributed by atoms with van der Waals surface area (Å²) in [6, 6.07) is 4.80. The Morgan fingerprint density at radius 1 is 1.00 bits per heavy atom. The number of hydrogen-bond donors (Lipinski definition) is 1. The van der Waals surface area contributed by atoms with Crippen LogP contribution >= 0.6 is 0 Å². The Labute approximate surface area is 171 Å². The molecule has 0 fully saturated rings. The van der Waals surface area contributed by atoms with Crippen LogP contribution < -0.4 is 10.2 Å². The highest BCUT2D eigenvalue weighted by atomic mass is 15.3. The van der Waals surface area contributed by atoms with Crippen molar-refractivity contribution in [2.75, 3.05) is 4.90 Å². The first-order valence-electron chi connectivity index (χ1n) is 10.4. The van der Waals surface area contributed by atoms with Gasteiger partial charge in [0.2, 0.25) is 0 Å². The summed E-state index contributed by atoms with van der Waals surface area (Å²) in [5.74, 6) is 2.58. The number of aryl methyl sites for hydroxylation is 3. The molecular formula is C25H37N3. The summed E-state index contributed by atoms with van der Waals surface area (Å²) < 4.78 is 0. The van der Waals surface area contributed by atoms with Crippen LogP contribution in [0.2, 0.25) is 0 Å². The van der Waals surface area contributed by atoms with Crippen molar-refractivity contribution in [3.05, 3.63) is 65.7 Å². The third kappa shape index (κ3) is 4.40. The zero-order valence-electron chi connectivity index (χ0n) is 18.8. The second kappa shape index (κ2) is 8.81. The first-order valence-corrected chi connectivity index (χ1v) is 10.4. The molecule has 28 heavy (non-hydrogen) atoms. The van der Waals surface area contributed by atoms with Crippen LogP contribution in [0.3, 0.4) is 0 Å². The van der Waals surface area contributed by atoms with E-state index in [1.165, 1.54) is 35.2 Å². The molecule has 3 unspecified atom stereocenters. The molecule has 0 aliphatic carbocycles. The molecule has 1 heterocycles. The Morgan fingerprint density at radius 3 is 2.21 bits per heavy atom. The van der Waals surface area contributed by atoms with E-state index in [0.29, 0.717) is 17.7 Å². The van der Waals surface area contributed by atoms with Crippen molar-refractivity contribution in [3.63, 3.8) is 0 Å². The van der Waals surface area contributed by atoms with Gasteiger partial charge in [-0.1, -0.05) is 59.4 Å². The van der Waals surface area contributed by atoms with Gasteiger partial charge in [-0.05, 0) is 62.3 Å². The van der Waals surface area contributed by atoms with Crippen LogP contribution in [-0.4, -0.2) is 11.9 Å². The molecule has 0 spiro atoms. The first-order chi connectivity index (χ1) is 13.1. The molecule has 3 nitrogen and oxygen atoms in total. The van der Waals surface area contributed by atoms with E-state index < -0.39 is 0 Å². The van der Waals surface area contributed by atoms with Gasteiger partial charge in [0.05, 0.1) is 0 Å². The van der Waals surface area contributed by atoms with E-state index in [2.05, 4.69) is 90.6 Å². The maximum atomic E-state index is 4.77. The van der Waals surface area contributed by atoms with Crippen LogP contribution in [0.25, 0.3) is 0 Å². The SMILES string of the molecule is C=C1N=C(N(c2cc(C)c(C)cc2C)C(C)C(C)C(C)CCC)C(=C)C(=C)N1. The van der Waals surface area contributed by atoms with Crippen molar-refractivity contribution < 1.29 is 0 Å². The van der Waals surface area contributed by atoms with Crippen molar-refractivity contribution in [1.82, 2.24) is 5.32 Å². The van der Waals surface area contributed by atoms with Gasteiger partial charge < -0.3 is 10.2 Å². The molecule has 152 valence electrons. The predicted molar refractivity (Wildman–Crippen MR) is 124 cm³/mol. The van der Waals surface area contributed by atoms with E-state index in [1.807, 2.05) is 0 Å². The Hall–Kier alpha value is -2.29. The summed E-state index contributed by atoms with van der Waals surface area (Å²) in [5.41, 5.74) is 6.62. The average Bonchev–Trinajstić information content (AvgIpc) is 2.62. The number of amidine groups is 1. The van der Waals surface area contributed by atoms with Gasteiger partial charge in [0.15, 0.2) is 0 Å². The van der Waals surface area contributed by atoms with Gasteiger partial charge in [-0.15, -0.1) is 0 Å². The molecule has 1 aromatic rings. The standard InChI is InChI=1S/C25H37N3/c1-11-12-15(2)19(6)22(9)28(24-14-17(4)16(3)13-18(24)5)25-20(7)21(8)26-23(10)27-25/h13-15,19,22,26H,7-8,10-12H2,1-6,9H3. The molecule has 1 N–H and O–H groups in total. The normalized spacial score (nSPS) is 17.7. The average molecular weight is 380 g/mol. The number of benzene rings is 1. The Morgan fingerprint density at radius 2 is 1.61 bits per heavy atom. The van der Waals surface area contributed by atoms with E-state index in [0.717, 1.165) is 17.1 Å². The van der Waals surface area contributed by atoms with Crippen LogP contribution in [0.4, 0.5) is 5.69 Å². The van der Waals surface area contributed by atoms with E-state index in [9.17, 15) is 0 Å². The highest BCUT2D eigenvalue weighted by molar-refractivity contribution is 6.13. The van der Waals surface area contributed by atoms with Crippen LogP contribution in [0.1, 0.15) is 57.2 Å². The lowest BCUT2D eigenvalue weighted by atomic mass is 9.85. The Kier molecular flexibility index (Phi) is 6.92. The fourth-order valence-electron chi connectivity index (χ4n) is 3.97. The summed E-state index contributed by atoms with van der Waals surface area (Å²) in [6.45, 7) is 28.2. The highest BCUT2D eigenvalue weighted by Crippen LogP contribution is 2.34. The summed E-state index contributed by atoms with van der Waals surface area (Å²) in [5, 5.41) is 3.11. The third-order valence-corrected chi connectivity index (χ3v) is 6.28. The maximum Gasteiger partial charge on any atom is 0.144 e. The van der Waals surface area contributed by atoms with Gasteiger partial charge in [-0.2, -0.15) is 0 Å². The zero-order valence-corrected chi connectivity index (χ0v) is 18.8. The molecule has 0 bridgehead atoms. The van der Waals surface area contributed by atoms with Gasteiger partial charge in [-0.25, -0.2) is 4.99 Å². The van der Waals surface area contributed by atoms with E-state index >= 15 is 0 Å². The van der Waals surface area contributed by atoms with E-state index in [-0.39, 0.29) is 6.04 Å². The molecule has 1 aromatic carbocycles. The van der Waals surface area contributed by atoms with Crippen molar-refractivity contribution in [2.24, 2.45) is 16.8 Å². The van der Waals surface area contributed by atoms with E-state index in [4.69, 9.17) is 4.99 Å². The van der Waals surface area contributed by atoms with Crippen molar-refractivity contribution in [2.45, 2.75) is 67.3 Å². The summed E-state index contributed by atoms with van der Waals surface area (Å²) in [7, 11) is 0. The summed E-state index contributed by atoms with van der Waals surface area (Å²) in [4.78, 5) is 7.13. The number of nitrogens with one attached hydrogen (secondary N) is 1. The molecule has 3 heteroatoms. The number of rotatable bonds is 6. The molecule has 0 radical (unpaired) electrons. The van der Waals surface area contributed by atoms with Crippen LogP contribution in [0.15, 0.2) is 54.0 Å². The third-order valence-electron chi connectivity index (χ3n) is 6.28. The molecule has 0 saturated heterocycles. The molecule has 3 atom stereocenters. The molecule has 1 aliphatic rings. The van der Waals surface area contributed by atoms with Crippen LogP contribution in [0, 0.1) is 32.6 Å². The van der Waals surface area contributed by atoms with Crippen molar-refractivity contribution in [1.29, 1.82) is 0 Å². The minimum atomic E-state index is 0.261. The van der Waals surface area contributed by atoms with Gasteiger partial charge in [0.25, 0.3) is 0 Å². The molecule has 0 amide bonds. The van der Waals surface area contributed by atoms with E-state index in [1.54, 1.807) is 0 Å². The minimum absolute atomic E-state index is 0.261. The van der Waals surface area contributed by atoms with Gasteiger partial charge >= 0.3 is 0 Å². The van der Waals surface area contributed by atoms with Gasteiger partial charge in [0, 0.05) is 23.0 Å². The van der Waals surface area contributed by atoms with Crippen LogP contribution in [-0.2, 0) is 0 Å².